The molecule has 176 valence electrons. The molecule has 1 aliphatic carbocycles. The summed E-state index contributed by atoms with van der Waals surface area (Å²) in [6, 6.07) is 7.91. The molecular weight excluding hydrogens is 443 g/mol. The van der Waals surface area contributed by atoms with Crippen molar-refractivity contribution in [1.29, 1.82) is 0 Å². The molecule has 3 heterocycles. The number of amides is 1. The van der Waals surface area contributed by atoms with E-state index in [1.165, 1.54) is 9.21 Å². The number of aromatic nitrogens is 2. The second kappa shape index (κ2) is 8.13. The van der Waals surface area contributed by atoms with E-state index in [1.807, 2.05) is 24.3 Å². The fourth-order valence-electron chi connectivity index (χ4n) is 4.79. The van der Waals surface area contributed by atoms with Crippen LogP contribution in [0.1, 0.15) is 56.6 Å². The molecule has 2 fully saturated rings. The first kappa shape index (κ1) is 22.4. The van der Waals surface area contributed by atoms with Crippen molar-refractivity contribution in [2.45, 2.75) is 62.8 Å². The van der Waals surface area contributed by atoms with Crippen molar-refractivity contribution in [3.8, 4) is 11.4 Å². The third-order valence-electron chi connectivity index (χ3n) is 6.93. The smallest absolute Gasteiger partial charge is 0.232 e. The normalized spacial score (nSPS) is 21.0. The van der Waals surface area contributed by atoms with Crippen LogP contribution in [0.15, 0.2) is 30.5 Å². The molecule has 5 rings (SSSR count). The lowest BCUT2D eigenvalue weighted by Crippen LogP contribution is -2.51. The molecular formula is C24H29FN4O3S. The molecule has 0 spiro atoms. The summed E-state index contributed by atoms with van der Waals surface area (Å²) < 4.78 is 42.2. The zero-order chi connectivity index (χ0) is 23.4. The van der Waals surface area contributed by atoms with Gasteiger partial charge in [-0.25, -0.2) is 27.1 Å². The Hall–Kier alpha value is -2.39. The van der Waals surface area contributed by atoms with E-state index in [2.05, 4.69) is 18.8 Å². The number of rotatable bonds is 6. The third kappa shape index (κ3) is 4.17. The monoisotopic (exact) mass is 472 g/mol. The number of piperidine rings is 1. The summed E-state index contributed by atoms with van der Waals surface area (Å²) in [6.45, 7) is 4.40. The highest BCUT2D eigenvalue weighted by atomic mass is 32.2. The molecule has 0 atom stereocenters. The number of hydrogen-bond acceptors (Lipinski definition) is 5. The van der Waals surface area contributed by atoms with E-state index in [0.717, 1.165) is 11.1 Å². The number of carbonyl (C=O) groups is 1. The minimum atomic E-state index is -3.31. The second-order valence-corrected chi connectivity index (χ2v) is 11.9. The van der Waals surface area contributed by atoms with Crippen LogP contribution in [-0.2, 0) is 21.2 Å². The molecule has 2 aromatic rings. The van der Waals surface area contributed by atoms with Gasteiger partial charge in [0.1, 0.15) is 11.5 Å². The van der Waals surface area contributed by atoms with Crippen LogP contribution in [0.5, 0.6) is 0 Å². The largest absolute Gasteiger partial charge is 0.293 e. The highest BCUT2D eigenvalue weighted by Gasteiger charge is 2.46. The van der Waals surface area contributed by atoms with Crippen molar-refractivity contribution >= 4 is 21.7 Å². The molecule has 1 aromatic carbocycles. The van der Waals surface area contributed by atoms with Gasteiger partial charge in [0.2, 0.25) is 15.9 Å². The minimum Gasteiger partial charge on any atom is -0.293 e. The molecule has 33 heavy (non-hydrogen) atoms. The van der Waals surface area contributed by atoms with E-state index in [0.29, 0.717) is 30.0 Å². The average Bonchev–Trinajstić information content (AvgIpc) is 3.60. The van der Waals surface area contributed by atoms with Crippen LogP contribution in [0.4, 0.5) is 10.2 Å². The maximum Gasteiger partial charge on any atom is 0.232 e. The molecule has 7 nitrogen and oxygen atoms in total. The van der Waals surface area contributed by atoms with E-state index in [4.69, 9.17) is 4.98 Å². The standard InChI is InChI=1S/C24H29FN4O3S/c1-16(2)19-5-3-4-6-20(19)22-26-14-17-13-21(30)29(23(17)27-22)15-24(25)9-11-28(12-10-24)33(31,32)18-7-8-18/h3-6,14,16,18H,7-13,15H2,1-2H3. The second-order valence-electron chi connectivity index (χ2n) is 9.74. The maximum atomic E-state index is 15.8. The number of alkyl halides is 1. The number of nitrogens with zero attached hydrogens (tertiary/aromatic N) is 4. The first-order valence-electron chi connectivity index (χ1n) is 11.6. The summed E-state index contributed by atoms with van der Waals surface area (Å²) in [5.74, 6) is 1.07. The van der Waals surface area contributed by atoms with Gasteiger partial charge in [0, 0.05) is 30.4 Å². The van der Waals surface area contributed by atoms with Crippen molar-refractivity contribution < 1.29 is 17.6 Å². The van der Waals surface area contributed by atoms with Crippen LogP contribution in [-0.4, -0.2) is 59.2 Å². The molecule has 0 bridgehead atoms. The quantitative estimate of drug-likeness (QED) is 0.643. The Balaban J connectivity index is 1.37. The van der Waals surface area contributed by atoms with Gasteiger partial charge in [-0.05, 0) is 37.2 Å². The van der Waals surface area contributed by atoms with Gasteiger partial charge < -0.3 is 0 Å². The third-order valence-corrected chi connectivity index (χ3v) is 9.33. The van der Waals surface area contributed by atoms with Crippen LogP contribution in [0.3, 0.4) is 0 Å². The lowest BCUT2D eigenvalue weighted by atomic mass is 9.94. The van der Waals surface area contributed by atoms with Crippen LogP contribution >= 0.6 is 0 Å². The number of hydrogen-bond donors (Lipinski definition) is 0. The highest BCUT2D eigenvalue weighted by Crippen LogP contribution is 2.38. The van der Waals surface area contributed by atoms with Gasteiger partial charge in [0.15, 0.2) is 5.82 Å². The molecule has 1 aromatic heterocycles. The molecule has 3 aliphatic rings. The topological polar surface area (TPSA) is 83.5 Å². The van der Waals surface area contributed by atoms with Crippen LogP contribution < -0.4 is 4.90 Å². The van der Waals surface area contributed by atoms with Crippen LogP contribution in [0.25, 0.3) is 11.4 Å². The van der Waals surface area contributed by atoms with Gasteiger partial charge >= 0.3 is 0 Å². The molecule has 2 aliphatic heterocycles. The Labute approximate surface area is 194 Å². The van der Waals surface area contributed by atoms with E-state index in [9.17, 15) is 13.2 Å². The summed E-state index contributed by atoms with van der Waals surface area (Å²) in [6.07, 6.45) is 3.36. The molecule has 0 unspecified atom stereocenters. The Kier molecular flexibility index (Phi) is 5.52. The van der Waals surface area contributed by atoms with Gasteiger partial charge in [-0.1, -0.05) is 38.1 Å². The predicted molar refractivity (Wildman–Crippen MR) is 124 cm³/mol. The number of benzene rings is 1. The van der Waals surface area contributed by atoms with Crippen LogP contribution in [0.2, 0.25) is 0 Å². The van der Waals surface area contributed by atoms with Gasteiger partial charge in [0.05, 0.1) is 18.2 Å². The van der Waals surface area contributed by atoms with Crippen molar-refractivity contribution in [2.24, 2.45) is 0 Å². The number of anilines is 1. The van der Waals surface area contributed by atoms with Crippen molar-refractivity contribution in [3.63, 3.8) is 0 Å². The fourth-order valence-corrected chi connectivity index (χ4v) is 6.63. The number of carbonyl (C=O) groups excluding carboxylic acids is 1. The number of halogens is 1. The van der Waals surface area contributed by atoms with Gasteiger partial charge in [-0.3, -0.25) is 9.69 Å². The zero-order valence-electron chi connectivity index (χ0n) is 19.0. The van der Waals surface area contributed by atoms with Gasteiger partial charge in [0.25, 0.3) is 0 Å². The molecule has 1 saturated heterocycles. The minimum absolute atomic E-state index is 0.0756. The number of sulfonamides is 1. The van der Waals surface area contributed by atoms with Crippen molar-refractivity contribution in [1.82, 2.24) is 14.3 Å². The lowest BCUT2D eigenvalue weighted by molar-refractivity contribution is -0.118. The maximum absolute atomic E-state index is 15.8. The summed E-state index contributed by atoms with van der Waals surface area (Å²) in [5, 5.41) is -0.291. The van der Waals surface area contributed by atoms with Crippen molar-refractivity contribution in [3.05, 3.63) is 41.6 Å². The zero-order valence-corrected chi connectivity index (χ0v) is 19.8. The molecule has 0 radical (unpaired) electrons. The molecule has 9 heteroatoms. The molecule has 1 amide bonds. The van der Waals surface area contributed by atoms with E-state index in [1.54, 1.807) is 6.20 Å². The van der Waals surface area contributed by atoms with Crippen LogP contribution in [0, 0.1) is 0 Å². The summed E-state index contributed by atoms with van der Waals surface area (Å²) in [4.78, 5) is 23.4. The van der Waals surface area contributed by atoms with Gasteiger partial charge in [-0.15, -0.1) is 0 Å². The Morgan fingerprint density at radius 1 is 1.18 bits per heavy atom. The van der Waals surface area contributed by atoms with Gasteiger partial charge in [-0.2, -0.15) is 0 Å². The fraction of sp³-hybridized carbons (Fsp3) is 0.542. The number of fused-ring (bicyclic) bond motifs is 1. The predicted octanol–water partition coefficient (Wildman–Crippen LogP) is 3.45. The Bertz CT molecular complexity index is 1190. The average molecular weight is 473 g/mol. The summed E-state index contributed by atoms with van der Waals surface area (Å²) in [5.41, 5.74) is 1.07. The Morgan fingerprint density at radius 2 is 1.88 bits per heavy atom. The molecule has 1 saturated carbocycles. The SMILES string of the molecule is CC(C)c1ccccc1-c1ncc2c(n1)N(CC1(F)CCN(S(=O)(=O)C3CC3)CC1)C(=O)C2. The molecule has 0 N–H and O–H groups in total. The van der Waals surface area contributed by atoms with E-state index in [-0.39, 0.29) is 56.0 Å². The first-order chi connectivity index (χ1) is 15.7. The van der Waals surface area contributed by atoms with E-state index >= 15 is 4.39 Å². The first-order valence-corrected chi connectivity index (χ1v) is 13.1. The summed E-state index contributed by atoms with van der Waals surface area (Å²) in [7, 11) is -3.31. The lowest BCUT2D eigenvalue weighted by Gasteiger charge is -2.37. The highest BCUT2D eigenvalue weighted by molar-refractivity contribution is 7.90. The van der Waals surface area contributed by atoms with E-state index < -0.39 is 15.7 Å². The Morgan fingerprint density at radius 3 is 2.55 bits per heavy atom. The van der Waals surface area contributed by atoms with Crippen molar-refractivity contribution in [2.75, 3.05) is 24.5 Å². The summed E-state index contributed by atoms with van der Waals surface area (Å²) >= 11 is 0.